The van der Waals surface area contributed by atoms with Crippen LogP contribution >= 0.6 is 11.8 Å². The monoisotopic (exact) mass is 351 g/mol. The molecule has 1 aliphatic rings. The minimum atomic E-state index is -0.126. The molecule has 1 heterocycles. The number of hydrogen-bond acceptors (Lipinski definition) is 4. The van der Waals surface area contributed by atoms with E-state index in [1.165, 1.54) is 22.9 Å². The zero-order chi connectivity index (χ0) is 17.6. The molecule has 1 aliphatic heterocycles. The van der Waals surface area contributed by atoms with Crippen LogP contribution in [0.3, 0.4) is 0 Å². The maximum absolute atomic E-state index is 11.9. The number of fused-ring (bicyclic) bond motifs is 1. The number of carbonyl (C=O) groups is 1. The number of hydrazone groups is 1. The Hall–Kier alpha value is -2.40. The van der Waals surface area contributed by atoms with Crippen molar-refractivity contribution in [1.29, 1.82) is 0 Å². The second kappa shape index (κ2) is 8.12. The number of nitrogens with zero attached hydrogens (tertiary/aromatic N) is 2. The van der Waals surface area contributed by atoms with E-state index in [1.807, 2.05) is 30.3 Å². The number of carbonyl (C=O) groups excluding carboxylic acids is 1. The van der Waals surface area contributed by atoms with Crippen molar-refractivity contribution < 1.29 is 4.79 Å². The van der Waals surface area contributed by atoms with Crippen molar-refractivity contribution in [2.24, 2.45) is 10.1 Å². The SMILES string of the molecule is CC(C)c1ccc(/C=N/NC(=O)CSC2=Nc3ccccc3C2)cc1. The van der Waals surface area contributed by atoms with Crippen LogP contribution in [0.4, 0.5) is 5.69 Å². The zero-order valence-electron chi connectivity index (χ0n) is 14.4. The summed E-state index contributed by atoms with van der Waals surface area (Å²) in [5.41, 5.74) is 7.05. The highest BCUT2D eigenvalue weighted by atomic mass is 32.2. The Morgan fingerprint density at radius 1 is 1.24 bits per heavy atom. The highest BCUT2D eigenvalue weighted by Gasteiger charge is 2.15. The Morgan fingerprint density at radius 2 is 2.00 bits per heavy atom. The summed E-state index contributed by atoms with van der Waals surface area (Å²) in [5, 5.41) is 5.00. The van der Waals surface area contributed by atoms with Gasteiger partial charge in [0.25, 0.3) is 0 Å². The predicted octanol–water partition coefficient (Wildman–Crippen LogP) is 4.28. The third-order valence-corrected chi connectivity index (χ3v) is 4.93. The first-order valence-electron chi connectivity index (χ1n) is 8.32. The van der Waals surface area contributed by atoms with Crippen LogP contribution in [-0.2, 0) is 11.2 Å². The van der Waals surface area contributed by atoms with Crippen LogP contribution in [0.2, 0.25) is 0 Å². The molecule has 0 saturated carbocycles. The number of hydrogen-bond donors (Lipinski definition) is 1. The average molecular weight is 351 g/mol. The van der Waals surface area contributed by atoms with Gasteiger partial charge in [-0.05, 0) is 28.7 Å². The van der Waals surface area contributed by atoms with E-state index in [4.69, 9.17) is 0 Å². The van der Waals surface area contributed by atoms with Gasteiger partial charge in [-0.15, -0.1) is 11.8 Å². The summed E-state index contributed by atoms with van der Waals surface area (Å²) in [6.45, 7) is 4.32. The van der Waals surface area contributed by atoms with E-state index in [1.54, 1.807) is 6.21 Å². The number of aliphatic imine (C=N–C) groups is 1. The van der Waals surface area contributed by atoms with Gasteiger partial charge in [-0.1, -0.05) is 56.3 Å². The first-order valence-corrected chi connectivity index (χ1v) is 9.30. The molecule has 0 spiro atoms. The summed E-state index contributed by atoms with van der Waals surface area (Å²) in [4.78, 5) is 16.4. The van der Waals surface area contributed by atoms with Gasteiger partial charge in [0, 0.05) is 6.42 Å². The zero-order valence-corrected chi connectivity index (χ0v) is 15.2. The molecular formula is C20H21N3OS. The topological polar surface area (TPSA) is 53.8 Å². The van der Waals surface area contributed by atoms with Crippen LogP contribution in [0, 0.1) is 0 Å². The first-order chi connectivity index (χ1) is 12.1. The van der Waals surface area contributed by atoms with E-state index >= 15 is 0 Å². The van der Waals surface area contributed by atoms with Gasteiger partial charge in [0.15, 0.2) is 0 Å². The summed E-state index contributed by atoms with van der Waals surface area (Å²) >= 11 is 1.46. The van der Waals surface area contributed by atoms with E-state index in [0.29, 0.717) is 11.7 Å². The van der Waals surface area contributed by atoms with Crippen molar-refractivity contribution >= 4 is 34.6 Å². The molecule has 2 aromatic rings. The van der Waals surface area contributed by atoms with Gasteiger partial charge < -0.3 is 0 Å². The van der Waals surface area contributed by atoms with Crippen molar-refractivity contribution in [2.75, 3.05) is 5.75 Å². The largest absolute Gasteiger partial charge is 0.272 e. The normalized spacial score (nSPS) is 13.2. The lowest BCUT2D eigenvalue weighted by Gasteiger charge is -2.04. The number of thioether (sulfide) groups is 1. The summed E-state index contributed by atoms with van der Waals surface area (Å²) in [6, 6.07) is 16.2. The maximum atomic E-state index is 11.9. The van der Waals surface area contributed by atoms with Gasteiger partial charge in [-0.3, -0.25) is 4.79 Å². The van der Waals surface area contributed by atoms with E-state index < -0.39 is 0 Å². The van der Waals surface area contributed by atoms with Crippen LogP contribution in [0.25, 0.3) is 0 Å². The fourth-order valence-electron chi connectivity index (χ4n) is 2.52. The standard InChI is InChI=1S/C20H21N3OS/c1-14(2)16-9-7-15(8-10-16)12-21-23-19(24)13-25-20-11-17-5-3-4-6-18(17)22-20/h3-10,12,14H,11,13H2,1-2H3,(H,23,24)/b21-12+. The molecule has 128 valence electrons. The minimum Gasteiger partial charge on any atom is -0.272 e. The Bertz CT molecular complexity index is 810. The van der Waals surface area contributed by atoms with Crippen LogP contribution < -0.4 is 5.43 Å². The lowest BCUT2D eigenvalue weighted by atomic mass is 10.0. The van der Waals surface area contributed by atoms with Crippen LogP contribution in [0.1, 0.15) is 36.5 Å². The van der Waals surface area contributed by atoms with Crippen LogP contribution in [0.5, 0.6) is 0 Å². The lowest BCUT2D eigenvalue weighted by Crippen LogP contribution is -2.20. The molecule has 0 atom stereocenters. The first kappa shape index (κ1) is 17.4. The average Bonchev–Trinajstić information content (AvgIpc) is 3.03. The molecule has 3 rings (SSSR count). The molecule has 25 heavy (non-hydrogen) atoms. The van der Waals surface area contributed by atoms with Gasteiger partial charge >= 0.3 is 0 Å². The van der Waals surface area contributed by atoms with Gasteiger partial charge in [0.1, 0.15) is 0 Å². The highest BCUT2D eigenvalue weighted by Crippen LogP contribution is 2.29. The number of amides is 1. The smallest absolute Gasteiger partial charge is 0.250 e. The predicted molar refractivity (Wildman–Crippen MR) is 106 cm³/mol. The maximum Gasteiger partial charge on any atom is 0.250 e. The molecule has 1 amide bonds. The van der Waals surface area contributed by atoms with Crippen molar-refractivity contribution in [2.45, 2.75) is 26.2 Å². The van der Waals surface area contributed by atoms with Gasteiger partial charge in [-0.2, -0.15) is 5.10 Å². The van der Waals surface area contributed by atoms with E-state index in [2.05, 4.69) is 47.6 Å². The molecule has 0 radical (unpaired) electrons. The number of benzene rings is 2. The van der Waals surface area contributed by atoms with Crippen molar-refractivity contribution in [3.63, 3.8) is 0 Å². The molecule has 0 bridgehead atoms. The van der Waals surface area contributed by atoms with E-state index in [-0.39, 0.29) is 5.91 Å². The summed E-state index contributed by atoms with van der Waals surface area (Å²) < 4.78 is 0. The van der Waals surface area contributed by atoms with Gasteiger partial charge in [0.05, 0.1) is 22.7 Å². The van der Waals surface area contributed by atoms with Gasteiger partial charge in [-0.25, -0.2) is 10.4 Å². The fraction of sp³-hybridized carbons (Fsp3) is 0.250. The molecule has 0 unspecified atom stereocenters. The second-order valence-corrected chi connectivity index (χ2v) is 7.26. The third-order valence-electron chi connectivity index (χ3n) is 3.95. The van der Waals surface area contributed by atoms with E-state index in [9.17, 15) is 4.79 Å². The van der Waals surface area contributed by atoms with Crippen molar-refractivity contribution in [3.05, 3.63) is 65.2 Å². The Morgan fingerprint density at radius 3 is 2.72 bits per heavy atom. The van der Waals surface area contributed by atoms with Crippen molar-refractivity contribution in [1.82, 2.24) is 5.43 Å². The Labute approximate surface area is 152 Å². The number of rotatable bonds is 5. The van der Waals surface area contributed by atoms with Crippen molar-refractivity contribution in [3.8, 4) is 0 Å². The summed E-state index contributed by atoms with van der Waals surface area (Å²) in [7, 11) is 0. The molecule has 2 aromatic carbocycles. The molecule has 1 N–H and O–H groups in total. The number of nitrogens with one attached hydrogen (secondary N) is 1. The molecule has 0 saturated heterocycles. The fourth-order valence-corrected chi connectivity index (χ4v) is 3.30. The minimum absolute atomic E-state index is 0.126. The van der Waals surface area contributed by atoms with Gasteiger partial charge in [0.2, 0.25) is 5.91 Å². The quantitative estimate of drug-likeness (QED) is 0.646. The summed E-state index contributed by atoms with van der Waals surface area (Å²) in [6.07, 6.45) is 2.47. The molecule has 0 aliphatic carbocycles. The number of para-hydroxylation sites is 1. The molecular weight excluding hydrogens is 330 g/mol. The third kappa shape index (κ3) is 4.79. The summed E-state index contributed by atoms with van der Waals surface area (Å²) in [5.74, 6) is 0.697. The molecule has 5 heteroatoms. The molecule has 4 nitrogen and oxygen atoms in total. The Kier molecular flexibility index (Phi) is 5.66. The van der Waals surface area contributed by atoms with E-state index in [0.717, 1.165) is 22.7 Å². The van der Waals surface area contributed by atoms with Crippen LogP contribution in [0.15, 0.2) is 58.6 Å². The Balaban J connectivity index is 1.44. The highest BCUT2D eigenvalue weighted by molar-refractivity contribution is 8.14. The molecule has 0 aromatic heterocycles. The lowest BCUT2D eigenvalue weighted by molar-refractivity contribution is -0.118. The second-order valence-electron chi connectivity index (χ2n) is 6.21. The molecule has 0 fully saturated rings. The van der Waals surface area contributed by atoms with Crippen LogP contribution in [-0.4, -0.2) is 22.9 Å².